The number of unbranched alkanes of at least 4 members (excludes halogenated alkanes) is 1. The first-order valence-corrected chi connectivity index (χ1v) is 10.5. The minimum atomic E-state index is -0.438. The molecule has 0 atom stereocenters. The second-order valence-corrected chi connectivity index (χ2v) is 7.94. The van der Waals surface area contributed by atoms with Crippen LogP contribution in [-0.2, 0) is 13.6 Å². The summed E-state index contributed by atoms with van der Waals surface area (Å²) in [6.45, 7) is 5.16. The van der Waals surface area contributed by atoms with E-state index in [4.69, 9.17) is 0 Å². The van der Waals surface area contributed by atoms with E-state index in [1.54, 1.807) is 17.7 Å². The molecular weight excluding hydrogens is 401 g/mol. The molecule has 0 amide bonds. The highest BCUT2D eigenvalue weighted by atomic mass is 19.1. The number of anilines is 1. The van der Waals surface area contributed by atoms with Crippen molar-refractivity contribution >= 4 is 22.4 Å². The molecule has 1 saturated heterocycles. The van der Waals surface area contributed by atoms with Crippen LogP contribution in [0.4, 0.5) is 15.8 Å². The third-order valence-electron chi connectivity index (χ3n) is 6.01. The van der Waals surface area contributed by atoms with Crippen LogP contribution in [-0.4, -0.2) is 51.7 Å². The van der Waals surface area contributed by atoms with E-state index in [-0.39, 0.29) is 17.2 Å². The highest BCUT2D eigenvalue weighted by Crippen LogP contribution is 2.21. The van der Waals surface area contributed by atoms with Gasteiger partial charge >= 0.3 is 5.69 Å². The van der Waals surface area contributed by atoms with E-state index in [1.165, 1.54) is 28.8 Å². The molecule has 164 valence electrons. The number of benzene rings is 2. The van der Waals surface area contributed by atoms with E-state index in [2.05, 4.69) is 9.80 Å². The van der Waals surface area contributed by atoms with Crippen molar-refractivity contribution in [1.82, 2.24) is 14.0 Å². The van der Waals surface area contributed by atoms with Crippen LogP contribution in [0.3, 0.4) is 0 Å². The Morgan fingerprint density at radius 3 is 2.32 bits per heavy atom. The van der Waals surface area contributed by atoms with E-state index in [0.717, 1.165) is 51.3 Å². The standard InChI is InChI=1S/C22H26FN5O3/c1-24-20-9-8-19(28(30)31)16-21(20)27(22(24)29)11-3-2-10-25-12-14-26(15-13-25)18-6-4-17(23)5-7-18/h4-9,16H,2-3,10-15H2,1H3. The Labute approximate surface area is 179 Å². The van der Waals surface area contributed by atoms with Crippen LogP contribution < -0.4 is 10.6 Å². The summed E-state index contributed by atoms with van der Waals surface area (Å²) in [6.07, 6.45) is 1.76. The van der Waals surface area contributed by atoms with E-state index < -0.39 is 4.92 Å². The highest BCUT2D eigenvalue weighted by Gasteiger charge is 2.18. The first-order valence-electron chi connectivity index (χ1n) is 10.5. The molecule has 1 aliphatic heterocycles. The summed E-state index contributed by atoms with van der Waals surface area (Å²) in [5.74, 6) is -0.220. The van der Waals surface area contributed by atoms with Gasteiger partial charge in [-0.05, 0) is 49.7 Å². The number of rotatable bonds is 7. The Morgan fingerprint density at radius 2 is 1.65 bits per heavy atom. The average molecular weight is 427 g/mol. The summed E-state index contributed by atoms with van der Waals surface area (Å²) in [4.78, 5) is 27.9. The number of aromatic nitrogens is 2. The molecule has 0 N–H and O–H groups in total. The van der Waals surface area contributed by atoms with E-state index in [0.29, 0.717) is 17.6 Å². The lowest BCUT2D eigenvalue weighted by molar-refractivity contribution is -0.384. The molecule has 8 nitrogen and oxygen atoms in total. The monoisotopic (exact) mass is 427 g/mol. The number of hydrogen-bond acceptors (Lipinski definition) is 5. The first kappa shape index (κ1) is 21.0. The number of fused-ring (bicyclic) bond motifs is 1. The second kappa shape index (κ2) is 8.89. The Hall–Kier alpha value is -3.20. The molecule has 0 aliphatic carbocycles. The molecule has 1 fully saturated rings. The fourth-order valence-corrected chi connectivity index (χ4v) is 4.22. The number of aryl methyl sites for hydroxylation is 2. The zero-order valence-electron chi connectivity index (χ0n) is 17.5. The molecule has 31 heavy (non-hydrogen) atoms. The van der Waals surface area contributed by atoms with Crippen molar-refractivity contribution in [1.29, 1.82) is 0 Å². The lowest BCUT2D eigenvalue weighted by Crippen LogP contribution is -2.46. The van der Waals surface area contributed by atoms with Gasteiger partial charge in [-0.25, -0.2) is 9.18 Å². The van der Waals surface area contributed by atoms with Gasteiger partial charge in [0.15, 0.2) is 0 Å². The van der Waals surface area contributed by atoms with Crippen molar-refractivity contribution in [3.8, 4) is 0 Å². The smallest absolute Gasteiger partial charge is 0.328 e. The highest BCUT2D eigenvalue weighted by molar-refractivity contribution is 5.78. The quantitative estimate of drug-likeness (QED) is 0.329. The van der Waals surface area contributed by atoms with Gasteiger partial charge < -0.3 is 4.90 Å². The Bertz CT molecular complexity index is 1130. The predicted octanol–water partition coefficient (Wildman–Crippen LogP) is 2.99. The van der Waals surface area contributed by atoms with Crippen molar-refractivity contribution in [3.05, 3.63) is 68.9 Å². The number of nitro groups is 1. The van der Waals surface area contributed by atoms with Gasteiger partial charge in [-0.15, -0.1) is 0 Å². The SMILES string of the molecule is Cn1c(=O)n(CCCCN2CCN(c3ccc(F)cc3)CC2)c2cc([N+](=O)[O-])ccc21. The van der Waals surface area contributed by atoms with Gasteiger partial charge in [-0.1, -0.05) is 0 Å². The topological polar surface area (TPSA) is 76.5 Å². The van der Waals surface area contributed by atoms with Crippen molar-refractivity contribution < 1.29 is 9.31 Å². The molecule has 0 bridgehead atoms. The summed E-state index contributed by atoms with van der Waals surface area (Å²) in [5.41, 5.74) is 2.20. The number of hydrogen-bond donors (Lipinski definition) is 0. The van der Waals surface area contributed by atoms with Crippen LogP contribution in [0, 0.1) is 15.9 Å². The summed E-state index contributed by atoms with van der Waals surface area (Å²) >= 11 is 0. The molecule has 0 spiro atoms. The molecule has 1 aliphatic rings. The van der Waals surface area contributed by atoms with Gasteiger partial charge in [0.2, 0.25) is 0 Å². The van der Waals surface area contributed by atoms with Gasteiger partial charge in [-0.2, -0.15) is 0 Å². The van der Waals surface area contributed by atoms with Crippen LogP contribution in [0.25, 0.3) is 11.0 Å². The fraction of sp³-hybridized carbons (Fsp3) is 0.409. The maximum atomic E-state index is 13.1. The number of nitrogens with zero attached hydrogens (tertiary/aromatic N) is 5. The van der Waals surface area contributed by atoms with Gasteiger partial charge in [0, 0.05) is 57.6 Å². The Balaban J connectivity index is 1.30. The van der Waals surface area contributed by atoms with Crippen LogP contribution in [0.1, 0.15) is 12.8 Å². The number of non-ortho nitro benzene ring substituents is 1. The molecular formula is C22H26FN5O3. The number of piperazine rings is 1. The fourth-order valence-electron chi connectivity index (χ4n) is 4.22. The number of nitro benzene ring substituents is 1. The average Bonchev–Trinajstić information content (AvgIpc) is 3.02. The minimum Gasteiger partial charge on any atom is -0.369 e. The molecule has 2 heterocycles. The summed E-state index contributed by atoms with van der Waals surface area (Å²) in [6, 6.07) is 11.2. The minimum absolute atomic E-state index is 0.00845. The molecule has 2 aromatic carbocycles. The normalized spacial score (nSPS) is 15.0. The van der Waals surface area contributed by atoms with Gasteiger partial charge in [-0.3, -0.25) is 24.1 Å². The first-order chi connectivity index (χ1) is 14.9. The molecule has 0 radical (unpaired) electrons. The van der Waals surface area contributed by atoms with Crippen LogP contribution in [0.15, 0.2) is 47.3 Å². The van der Waals surface area contributed by atoms with E-state index >= 15 is 0 Å². The van der Waals surface area contributed by atoms with E-state index in [1.807, 2.05) is 12.1 Å². The largest absolute Gasteiger partial charge is 0.369 e. The van der Waals surface area contributed by atoms with Crippen molar-refractivity contribution in [2.45, 2.75) is 19.4 Å². The Morgan fingerprint density at radius 1 is 0.968 bits per heavy atom. The predicted molar refractivity (Wildman–Crippen MR) is 118 cm³/mol. The zero-order chi connectivity index (χ0) is 22.0. The second-order valence-electron chi connectivity index (χ2n) is 7.94. The third kappa shape index (κ3) is 4.46. The Kier molecular flexibility index (Phi) is 6.03. The maximum Gasteiger partial charge on any atom is 0.328 e. The summed E-state index contributed by atoms with van der Waals surface area (Å²) in [5, 5.41) is 11.1. The molecule has 1 aromatic heterocycles. The lowest BCUT2D eigenvalue weighted by atomic mass is 10.2. The number of imidazole rings is 1. The zero-order valence-corrected chi connectivity index (χ0v) is 17.5. The molecule has 9 heteroatoms. The van der Waals surface area contributed by atoms with Crippen LogP contribution >= 0.6 is 0 Å². The van der Waals surface area contributed by atoms with E-state index in [9.17, 15) is 19.3 Å². The molecule has 4 rings (SSSR count). The third-order valence-corrected chi connectivity index (χ3v) is 6.01. The van der Waals surface area contributed by atoms with Crippen molar-refractivity contribution in [2.24, 2.45) is 7.05 Å². The van der Waals surface area contributed by atoms with Crippen LogP contribution in [0.5, 0.6) is 0 Å². The maximum absolute atomic E-state index is 13.1. The van der Waals surface area contributed by atoms with Crippen molar-refractivity contribution in [3.63, 3.8) is 0 Å². The van der Waals surface area contributed by atoms with Crippen LogP contribution in [0.2, 0.25) is 0 Å². The summed E-state index contributed by atoms with van der Waals surface area (Å²) in [7, 11) is 1.69. The summed E-state index contributed by atoms with van der Waals surface area (Å²) < 4.78 is 16.3. The molecule has 0 unspecified atom stereocenters. The van der Waals surface area contributed by atoms with Gasteiger partial charge in [0.1, 0.15) is 5.82 Å². The molecule has 3 aromatic rings. The van der Waals surface area contributed by atoms with Gasteiger partial charge in [0.05, 0.1) is 16.0 Å². The lowest BCUT2D eigenvalue weighted by Gasteiger charge is -2.36. The van der Waals surface area contributed by atoms with Crippen molar-refractivity contribution in [2.75, 3.05) is 37.6 Å². The number of halogens is 1. The molecule has 0 saturated carbocycles. The van der Waals surface area contributed by atoms with Gasteiger partial charge in [0.25, 0.3) is 5.69 Å².